The number of hydrogen-bond donors (Lipinski definition) is 0. The Kier molecular flexibility index (Phi) is 5.56. The summed E-state index contributed by atoms with van der Waals surface area (Å²) in [5, 5.41) is 1.36. The van der Waals surface area contributed by atoms with Crippen molar-refractivity contribution in [1.29, 1.82) is 0 Å². The summed E-state index contributed by atoms with van der Waals surface area (Å²) in [5.41, 5.74) is 17.4. The minimum Gasteiger partial charge on any atom is -0.309 e. The van der Waals surface area contributed by atoms with Gasteiger partial charge in [-0.2, -0.15) is 0 Å². The van der Waals surface area contributed by atoms with Gasteiger partial charge in [0, 0.05) is 21.8 Å². The first-order valence-corrected chi connectivity index (χ1v) is 15.5. The van der Waals surface area contributed by atoms with Crippen molar-refractivity contribution in [2.45, 2.75) is 51.9 Å². The molecule has 0 aliphatic heterocycles. The van der Waals surface area contributed by atoms with Gasteiger partial charge in [-0.3, -0.25) is 0 Å². The van der Waals surface area contributed by atoms with Gasteiger partial charge in [-0.25, -0.2) is 0 Å². The van der Waals surface area contributed by atoms with Gasteiger partial charge in [0.1, 0.15) is 0 Å². The fraction of sp³-hybridized carbons (Fsp3) is 0.190. The molecule has 2 aliphatic rings. The second-order valence-corrected chi connectivity index (χ2v) is 13.3. The third-order valence-electron chi connectivity index (χ3n) is 10.4. The Labute approximate surface area is 255 Å². The second kappa shape index (κ2) is 9.19. The highest BCUT2D eigenvalue weighted by Crippen LogP contribution is 2.58. The molecule has 210 valence electrons. The fourth-order valence-corrected chi connectivity index (χ4v) is 8.30. The standard InChI is InChI=1S/C42H37N/c1-27-14-6-7-15-30(27)33-24-29(23-22-28(33)2)31-16-8-12-20-37(31)43-38-21-13-9-17-32(38)34-26-42(5)36-19-11-10-18-35(36)41(3,4)40(42)25-39(34)43/h6-25H,26H2,1-5H3. The zero-order chi connectivity index (χ0) is 29.5. The molecule has 1 heteroatoms. The highest BCUT2D eigenvalue weighted by atomic mass is 15.0. The largest absolute Gasteiger partial charge is 0.309 e. The van der Waals surface area contributed by atoms with Crippen LogP contribution >= 0.6 is 0 Å². The van der Waals surface area contributed by atoms with Crippen LogP contribution in [0.4, 0.5) is 0 Å². The summed E-state index contributed by atoms with van der Waals surface area (Å²) in [4.78, 5) is 0. The lowest BCUT2D eigenvalue weighted by Gasteiger charge is -2.36. The summed E-state index contributed by atoms with van der Waals surface area (Å²) >= 11 is 0. The first kappa shape index (κ1) is 26.0. The van der Waals surface area contributed by atoms with Crippen LogP contribution in [0.5, 0.6) is 0 Å². The molecule has 1 unspecified atom stereocenters. The van der Waals surface area contributed by atoms with Gasteiger partial charge in [0.2, 0.25) is 0 Å². The van der Waals surface area contributed by atoms with Crippen molar-refractivity contribution in [3.63, 3.8) is 0 Å². The van der Waals surface area contributed by atoms with E-state index in [-0.39, 0.29) is 10.8 Å². The maximum Gasteiger partial charge on any atom is 0.0540 e. The van der Waals surface area contributed by atoms with Crippen LogP contribution in [0.2, 0.25) is 0 Å². The molecule has 1 nitrogen and oxygen atoms in total. The van der Waals surface area contributed by atoms with Crippen molar-refractivity contribution in [2.75, 3.05) is 0 Å². The Morgan fingerprint density at radius 3 is 2.07 bits per heavy atom. The number of aryl methyl sites for hydroxylation is 2. The third kappa shape index (κ3) is 3.64. The van der Waals surface area contributed by atoms with Crippen molar-refractivity contribution in [2.24, 2.45) is 0 Å². The summed E-state index contributed by atoms with van der Waals surface area (Å²) in [6.45, 7) is 11.7. The van der Waals surface area contributed by atoms with Crippen LogP contribution in [0.15, 0.2) is 121 Å². The lowest BCUT2D eigenvalue weighted by molar-refractivity contribution is 0.508. The summed E-state index contributed by atoms with van der Waals surface area (Å²) in [6, 6.07) is 42.8. The van der Waals surface area contributed by atoms with Crippen LogP contribution in [0.1, 0.15) is 54.3 Å². The van der Waals surface area contributed by atoms with E-state index in [1.165, 1.54) is 77.9 Å². The molecule has 0 fully saturated rings. The molecular weight excluding hydrogens is 518 g/mol. The average Bonchev–Trinajstić information content (AvgIpc) is 3.42. The quantitative estimate of drug-likeness (QED) is 0.205. The van der Waals surface area contributed by atoms with Crippen LogP contribution < -0.4 is 0 Å². The second-order valence-electron chi connectivity index (χ2n) is 13.3. The SMILES string of the molecule is Cc1ccccc1-c1cc(-c2ccccc2-n2c3c(c4ccccc42)CC2(C)C(=C3)C(C)(C)c3ccccc32)ccc1C. The molecule has 2 aliphatic carbocycles. The lowest BCUT2D eigenvalue weighted by Crippen LogP contribution is -2.31. The molecule has 0 radical (unpaired) electrons. The van der Waals surface area contributed by atoms with Gasteiger partial charge in [0.25, 0.3) is 0 Å². The minimum atomic E-state index is -0.0246. The zero-order valence-corrected chi connectivity index (χ0v) is 25.7. The lowest BCUT2D eigenvalue weighted by atomic mass is 9.68. The zero-order valence-electron chi connectivity index (χ0n) is 25.7. The van der Waals surface area contributed by atoms with Crippen molar-refractivity contribution in [3.8, 4) is 27.9 Å². The molecule has 8 rings (SSSR count). The van der Waals surface area contributed by atoms with Gasteiger partial charge in [0.15, 0.2) is 0 Å². The van der Waals surface area contributed by atoms with E-state index >= 15 is 0 Å². The van der Waals surface area contributed by atoms with E-state index in [9.17, 15) is 0 Å². The molecule has 1 heterocycles. The van der Waals surface area contributed by atoms with Crippen LogP contribution in [-0.2, 0) is 17.3 Å². The maximum atomic E-state index is 2.55. The fourth-order valence-electron chi connectivity index (χ4n) is 8.30. The normalized spacial score (nSPS) is 18.2. The van der Waals surface area contributed by atoms with E-state index in [0.29, 0.717) is 0 Å². The minimum absolute atomic E-state index is 0.0129. The van der Waals surface area contributed by atoms with Crippen molar-refractivity contribution in [3.05, 3.63) is 154 Å². The Balaban J connectivity index is 1.38. The van der Waals surface area contributed by atoms with Crippen LogP contribution in [0, 0.1) is 13.8 Å². The molecule has 0 bridgehead atoms. The number of allylic oxidation sites excluding steroid dienone is 1. The molecule has 1 atom stereocenters. The third-order valence-corrected chi connectivity index (χ3v) is 10.4. The Morgan fingerprint density at radius 1 is 0.605 bits per heavy atom. The van der Waals surface area contributed by atoms with Crippen LogP contribution in [-0.4, -0.2) is 4.57 Å². The van der Waals surface area contributed by atoms with Gasteiger partial charge in [-0.05, 0) is 94.6 Å². The smallest absolute Gasteiger partial charge is 0.0540 e. The van der Waals surface area contributed by atoms with Gasteiger partial charge < -0.3 is 4.57 Å². The molecule has 43 heavy (non-hydrogen) atoms. The van der Waals surface area contributed by atoms with E-state index in [2.05, 4.69) is 161 Å². The Morgan fingerprint density at radius 2 is 1.26 bits per heavy atom. The summed E-state index contributed by atoms with van der Waals surface area (Å²) < 4.78 is 2.54. The number of para-hydroxylation sites is 2. The molecule has 0 saturated carbocycles. The number of nitrogens with zero attached hydrogens (tertiary/aromatic N) is 1. The van der Waals surface area contributed by atoms with Crippen molar-refractivity contribution < 1.29 is 0 Å². The van der Waals surface area contributed by atoms with Gasteiger partial charge >= 0.3 is 0 Å². The molecular formula is C42H37N. The van der Waals surface area contributed by atoms with Crippen LogP contribution in [0.3, 0.4) is 0 Å². The van der Waals surface area contributed by atoms with Crippen molar-refractivity contribution in [1.82, 2.24) is 4.57 Å². The first-order valence-electron chi connectivity index (χ1n) is 15.5. The average molecular weight is 556 g/mol. The molecule has 5 aromatic carbocycles. The number of rotatable bonds is 3. The Hall–Kier alpha value is -4.62. The van der Waals surface area contributed by atoms with Gasteiger partial charge in [0.05, 0.1) is 16.9 Å². The predicted octanol–water partition coefficient (Wildman–Crippen LogP) is 10.8. The number of fused-ring (bicyclic) bond motifs is 6. The maximum absolute atomic E-state index is 2.55. The van der Waals surface area contributed by atoms with E-state index in [1.807, 2.05) is 0 Å². The van der Waals surface area contributed by atoms with Crippen molar-refractivity contribution >= 4 is 17.0 Å². The van der Waals surface area contributed by atoms with E-state index < -0.39 is 0 Å². The number of hydrogen-bond acceptors (Lipinski definition) is 0. The monoisotopic (exact) mass is 555 g/mol. The Bertz CT molecular complexity index is 2120. The predicted molar refractivity (Wildman–Crippen MR) is 182 cm³/mol. The number of benzene rings is 5. The molecule has 0 saturated heterocycles. The molecule has 0 amide bonds. The van der Waals surface area contributed by atoms with E-state index in [1.54, 1.807) is 0 Å². The molecule has 6 aromatic rings. The summed E-state index contributed by atoms with van der Waals surface area (Å²) in [6.07, 6.45) is 3.55. The van der Waals surface area contributed by atoms with Gasteiger partial charge in [-0.1, -0.05) is 118 Å². The number of aromatic nitrogens is 1. The summed E-state index contributed by atoms with van der Waals surface area (Å²) in [5.74, 6) is 0. The van der Waals surface area contributed by atoms with Gasteiger partial charge in [-0.15, -0.1) is 0 Å². The molecule has 0 spiro atoms. The van der Waals surface area contributed by atoms with Crippen LogP contribution in [0.25, 0.3) is 44.9 Å². The van der Waals surface area contributed by atoms with E-state index in [0.717, 1.165) is 6.42 Å². The molecule has 0 N–H and O–H groups in total. The first-order chi connectivity index (χ1) is 20.8. The molecule has 1 aromatic heterocycles. The van der Waals surface area contributed by atoms with E-state index in [4.69, 9.17) is 0 Å². The highest BCUT2D eigenvalue weighted by Gasteiger charge is 2.51. The topological polar surface area (TPSA) is 4.93 Å². The summed E-state index contributed by atoms with van der Waals surface area (Å²) in [7, 11) is 0. The highest BCUT2D eigenvalue weighted by molar-refractivity contribution is 5.94.